The van der Waals surface area contributed by atoms with Crippen LogP contribution in [-0.4, -0.2) is 49.1 Å². The zero-order valence-electron chi connectivity index (χ0n) is 14.3. The summed E-state index contributed by atoms with van der Waals surface area (Å²) in [5, 5.41) is 3.96. The third kappa shape index (κ3) is 4.77. The minimum absolute atomic E-state index is 0.269. The summed E-state index contributed by atoms with van der Waals surface area (Å²) in [4.78, 5) is 6.67. The van der Waals surface area contributed by atoms with E-state index in [0.29, 0.717) is 17.7 Å². The number of nitrogens with zero attached hydrogens (tertiary/aromatic N) is 2. The first-order valence-electron chi connectivity index (χ1n) is 7.94. The number of guanidine groups is 1. The number of hydrogen-bond acceptors (Lipinski definition) is 3. The summed E-state index contributed by atoms with van der Waals surface area (Å²) in [6.45, 7) is 7.06. The van der Waals surface area contributed by atoms with Crippen LogP contribution in [-0.2, 0) is 6.54 Å². The van der Waals surface area contributed by atoms with Gasteiger partial charge in [-0.3, -0.25) is 4.99 Å². The van der Waals surface area contributed by atoms with Crippen molar-refractivity contribution in [2.24, 2.45) is 10.9 Å². The molecule has 0 aliphatic carbocycles. The molecule has 1 atom stereocenters. The molecule has 0 spiro atoms. The van der Waals surface area contributed by atoms with Crippen LogP contribution in [0.25, 0.3) is 0 Å². The quantitative estimate of drug-likeness (QED) is 0.676. The highest BCUT2D eigenvalue weighted by Gasteiger charge is 2.24. The van der Waals surface area contributed by atoms with Gasteiger partial charge in [0, 0.05) is 37.7 Å². The minimum Gasteiger partial charge on any atom is -0.494 e. The van der Waals surface area contributed by atoms with Crippen molar-refractivity contribution in [1.82, 2.24) is 10.2 Å². The maximum Gasteiger partial charge on any atom is 0.193 e. The van der Waals surface area contributed by atoms with Gasteiger partial charge in [-0.15, -0.1) is 0 Å². The Balaban J connectivity index is 1.96. The average Bonchev–Trinajstić information content (AvgIpc) is 2.56. The SMILES string of the molecule is CN=C(NCc1ccc(OC)c(F)c1)N1CCSC(C(C)C)C1. The van der Waals surface area contributed by atoms with Crippen LogP contribution in [0.1, 0.15) is 19.4 Å². The number of thioether (sulfide) groups is 1. The maximum absolute atomic E-state index is 13.8. The van der Waals surface area contributed by atoms with Crippen LogP contribution < -0.4 is 10.1 Å². The fraction of sp³-hybridized carbons (Fsp3) is 0.588. The van der Waals surface area contributed by atoms with E-state index in [1.165, 1.54) is 13.2 Å². The number of hydrogen-bond donors (Lipinski definition) is 1. The average molecular weight is 339 g/mol. The Kier molecular flexibility index (Phi) is 6.57. The van der Waals surface area contributed by atoms with E-state index in [1.807, 2.05) is 17.8 Å². The Morgan fingerprint density at radius 3 is 2.91 bits per heavy atom. The summed E-state index contributed by atoms with van der Waals surface area (Å²) >= 11 is 2.04. The number of halogens is 1. The van der Waals surface area contributed by atoms with Gasteiger partial charge in [0.15, 0.2) is 17.5 Å². The van der Waals surface area contributed by atoms with E-state index in [0.717, 1.165) is 30.4 Å². The molecule has 6 heteroatoms. The topological polar surface area (TPSA) is 36.9 Å². The van der Waals surface area contributed by atoms with Crippen molar-refractivity contribution in [3.63, 3.8) is 0 Å². The molecule has 2 rings (SSSR count). The van der Waals surface area contributed by atoms with Crippen molar-refractivity contribution < 1.29 is 9.13 Å². The summed E-state index contributed by atoms with van der Waals surface area (Å²) in [5.41, 5.74) is 0.872. The Morgan fingerprint density at radius 2 is 2.30 bits per heavy atom. The van der Waals surface area contributed by atoms with E-state index in [4.69, 9.17) is 4.74 Å². The molecule has 1 heterocycles. The zero-order chi connectivity index (χ0) is 16.8. The molecule has 1 aliphatic rings. The highest BCUT2D eigenvalue weighted by atomic mass is 32.2. The molecule has 0 saturated carbocycles. The van der Waals surface area contributed by atoms with Crippen molar-refractivity contribution in [3.05, 3.63) is 29.6 Å². The first kappa shape index (κ1) is 17.9. The fourth-order valence-electron chi connectivity index (χ4n) is 2.60. The summed E-state index contributed by atoms with van der Waals surface area (Å²) < 4.78 is 18.7. The Hall–Kier alpha value is -1.43. The van der Waals surface area contributed by atoms with Crippen LogP contribution in [0.2, 0.25) is 0 Å². The summed E-state index contributed by atoms with van der Waals surface area (Å²) in [6.07, 6.45) is 0. The van der Waals surface area contributed by atoms with Crippen LogP contribution in [0.3, 0.4) is 0 Å². The van der Waals surface area contributed by atoms with E-state index in [2.05, 4.69) is 29.1 Å². The van der Waals surface area contributed by atoms with E-state index in [-0.39, 0.29) is 11.6 Å². The molecule has 1 aromatic carbocycles. The first-order chi connectivity index (χ1) is 11.0. The summed E-state index contributed by atoms with van der Waals surface area (Å²) in [7, 11) is 3.26. The summed E-state index contributed by atoms with van der Waals surface area (Å²) in [6, 6.07) is 5.02. The number of benzene rings is 1. The zero-order valence-corrected chi connectivity index (χ0v) is 15.1. The van der Waals surface area contributed by atoms with Crippen molar-refractivity contribution in [2.75, 3.05) is 33.0 Å². The second-order valence-corrected chi connectivity index (χ2v) is 7.32. The molecule has 1 aromatic rings. The second-order valence-electron chi connectivity index (χ2n) is 5.97. The highest BCUT2D eigenvalue weighted by molar-refractivity contribution is 8.00. The number of methoxy groups -OCH3 is 1. The molecule has 1 N–H and O–H groups in total. The third-order valence-electron chi connectivity index (χ3n) is 4.02. The van der Waals surface area contributed by atoms with Crippen LogP contribution >= 0.6 is 11.8 Å². The van der Waals surface area contributed by atoms with Crippen molar-refractivity contribution in [1.29, 1.82) is 0 Å². The van der Waals surface area contributed by atoms with Gasteiger partial charge in [0.1, 0.15) is 0 Å². The molecular formula is C17H26FN3OS. The van der Waals surface area contributed by atoms with Gasteiger partial charge in [-0.05, 0) is 23.6 Å². The number of aliphatic imine (C=N–C) groups is 1. The van der Waals surface area contributed by atoms with Gasteiger partial charge in [-0.1, -0.05) is 19.9 Å². The minimum atomic E-state index is -0.337. The highest BCUT2D eigenvalue weighted by Crippen LogP contribution is 2.25. The van der Waals surface area contributed by atoms with E-state index < -0.39 is 0 Å². The fourth-order valence-corrected chi connectivity index (χ4v) is 3.90. The lowest BCUT2D eigenvalue weighted by Gasteiger charge is -2.36. The van der Waals surface area contributed by atoms with Gasteiger partial charge in [0.25, 0.3) is 0 Å². The summed E-state index contributed by atoms with van der Waals surface area (Å²) in [5.74, 6) is 2.58. The largest absolute Gasteiger partial charge is 0.494 e. The van der Waals surface area contributed by atoms with Gasteiger partial charge < -0.3 is 15.0 Å². The molecule has 128 valence electrons. The lowest BCUT2D eigenvalue weighted by Crippen LogP contribution is -2.48. The first-order valence-corrected chi connectivity index (χ1v) is 8.99. The molecule has 1 saturated heterocycles. The smallest absolute Gasteiger partial charge is 0.193 e. The second kappa shape index (κ2) is 8.43. The molecule has 0 radical (unpaired) electrons. The molecule has 1 aliphatic heterocycles. The van der Waals surface area contributed by atoms with Crippen molar-refractivity contribution in [2.45, 2.75) is 25.6 Å². The molecule has 4 nitrogen and oxygen atoms in total. The molecule has 1 unspecified atom stereocenters. The number of rotatable bonds is 4. The van der Waals surface area contributed by atoms with Gasteiger partial charge in [-0.2, -0.15) is 11.8 Å². The van der Waals surface area contributed by atoms with E-state index >= 15 is 0 Å². The Labute approximate surface area is 142 Å². The van der Waals surface area contributed by atoms with Crippen LogP contribution in [0.5, 0.6) is 5.75 Å². The van der Waals surface area contributed by atoms with E-state index in [9.17, 15) is 4.39 Å². The van der Waals surface area contributed by atoms with Gasteiger partial charge >= 0.3 is 0 Å². The molecular weight excluding hydrogens is 313 g/mol. The lowest BCUT2D eigenvalue weighted by atomic mass is 10.1. The normalized spacial score (nSPS) is 19.1. The Bertz CT molecular complexity index is 551. The van der Waals surface area contributed by atoms with Crippen molar-refractivity contribution in [3.8, 4) is 5.75 Å². The van der Waals surface area contributed by atoms with Crippen LogP contribution in [0.15, 0.2) is 23.2 Å². The predicted molar refractivity (Wildman–Crippen MR) is 95.8 cm³/mol. The molecule has 0 bridgehead atoms. The monoisotopic (exact) mass is 339 g/mol. The standard InChI is InChI=1S/C17H26FN3OS/c1-12(2)16-11-21(7-8-23-16)17(19-3)20-10-13-5-6-15(22-4)14(18)9-13/h5-6,9,12,16H,7-8,10-11H2,1-4H3,(H,19,20). The number of nitrogens with one attached hydrogen (secondary N) is 1. The predicted octanol–water partition coefficient (Wildman–Crippen LogP) is 2.98. The third-order valence-corrected chi connectivity index (χ3v) is 5.56. The maximum atomic E-state index is 13.8. The Morgan fingerprint density at radius 1 is 1.52 bits per heavy atom. The van der Waals surface area contributed by atoms with Gasteiger partial charge in [-0.25, -0.2) is 4.39 Å². The molecule has 23 heavy (non-hydrogen) atoms. The van der Waals surface area contributed by atoms with E-state index in [1.54, 1.807) is 13.1 Å². The van der Waals surface area contributed by atoms with Gasteiger partial charge in [0.2, 0.25) is 0 Å². The van der Waals surface area contributed by atoms with Crippen LogP contribution in [0.4, 0.5) is 4.39 Å². The lowest BCUT2D eigenvalue weighted by molar-refractivity contribution is 0.380. The van der Waals surface area contributed by atoms with Gasteiger partial charge in [0.05, 0.1) is 7.11 Å². The number of ether oxygens (including phenoxy) is 1. The molecule has 1 fully saturated rings. The van der Waals surface area contributed by atoms with Crippen molar-refractivity contribution >= 4 is 17.7 Å². The molecule has 0 amide bonds. The molecule has 0 aromatic heterocycles. The van der Waals surface area contributed by atoms with Crippen LogP contribution in [0, 0.1) is 11.7 Å².